The van der Waals surface area contributed by atoms with Crippen LogP contribution in [0.4, 0.5) is 13.2 Å². The molecule has 10 heteroatoms. The van der Waals surface area contributed by atoms with E-state index in [-0.39, 0.29) is 0 Å². The van der Waals surface area contributed by atoms with Crippen LogP contribution in [0, 0.1) is 0 Å². The number of halogens is 3. The fourth-order valence-electron chi connectivity index (χ4n) is 1.37. The highest BCUT2D eigenvalue weighted by molar-refractivity contribution is 7.89. The second kappa shape index (κ2) is 6.31. The van der Waals surface area contributed by atoms with E-state index in [4.69, 9.17) is 0 Å². The van der Waals surface area contributed by atoms with Gasteiger partial charge in [-0.1, -0.05) is 0 Å². The SMILES string of the molecule is COC(=O)c1cc(S(=O)(=O)NCCC(F)(F)F)ccc1O. The molecule has 0 heterocycles. The van der Waals surface area contributed by atoms with Crippen molar-refractivity contribution >= 4 is 16.0 Å². The van der Waals surface area contributed by atoms with Gasteiger partial charge >= 0.3 is 12.1 Å². The minimum Gasteiger partial charge on any atom is -0.507 e. The predicted octanol–water partition coefficient (Wildman–Crippen LogP) is 1.41. The lowest BCUT2D eigenvalue weighted by Gasteiger charge is -2.10. The van der Waals surface area contributed by atoms with Gasteiger partial charge in [0.1, 0.15) is 11.3 Å². The first-order valence-electron chi connectivity index (χ1n) is 5.54. The molecule has 0 fully saturated rings. The van der Waals surface area contributed by atoms with Gasteiger partial charge in [-0.15, -0.1) is 0 Å². The van der Waals surface area contributed by atoms with Gasteiger partial charge in [0.2, 0.25) is 10.0 Å². The number of aromatic hydroxyl groups is 1. The largest absolute Gasteiger partial charge is 0.507 e. The number of benzene rings is 1. The van der Waals surface area contributed by atoms with Crippen LogP contribution < -0.4 is 4.72 Å². The van der Waals surface area contributed by atoms with Crippen LogP contribution in [0.25, 0.3) is 0 Å². The van der Waals surface area contributed by atoms with Crippen LogP contribution in [0.15, 0.2) is 23.1 Å². The van der Waals surface area contributed by atoms with E-state index in [0.29, 0.717) is 0 Å². The molecule has 0 amide bonds. The van der Waals surface area contributed by atoms with Gasteiger partial charge in [0.15, 0.2) is 0 Å². The molecule has 21 heavy (non-hydrogen) atoms. The number of hydrogen-bond donors (Lipinski definition) is 2. The maximum absolute atomic E-state index is 12.0. The minimum absolute atomic E-state index is 0.406. The number of methoxy groups -OCH3 is 1. The average Bonchev–Trinajstić information content (AvgIpc) is 2.36. The van der Waals surface area contributed by atoms with Crippen LogP contribution in [0.3, 0.4) is 0 Å². The summed E-state index contributed by atoms with van der Waals surface area (Å²) in [5.74, 6) is -1.48. The van der Waals surface area contributed by atoms with Crippen molar-refractivity contribution in [2.75, 3.05) is 13.7 Å². The number of hydrogen-bond acceptors (Lipinski definition) is 5. The summed E-state index contributed by atoms with van der Waals surface area (Å²) in [5, 5.41) is 9.42. The summed E-state index contributed by atoms with van der Waals surface area (Å²) in [4.78, 5) is 10.9. The summed E-state index contributed by atoms with van der Waals surface area (Å²) in [6.07, 6.45) is -5.82. The lowest BCUT2D eigenvalue weighted by Crippen LogP contribution is -2.28. The van der Waals surface area contributed by atoms with Gasteiger partial charge in [-0.3, -0.25) is 0 Å². The Morgan fingerprint density at radius 2 is 2.00 bits per heavy atom. The first-order valence-corrected chi connectivity index (χ1v) is 7.03. The minimum atomic E-state index is -4.49. The summed E-state index contributed by atoms with van der Waals surface area (Å²) in [5.41, 5.74) is -0.406. The fourth-order valence-corrected chi connectivity index (χ4v) is 2.42. The third-order valence-electron chi connectivity index (χ3n) is 2.38. The number of esters is 1. The van der Waals surface area contributed by atoms with E-state index in [1.165, 1.54) is 0 Å². The second-order valence-electron chi connectivity index (χ2n) is 3.93. The summed E-state index contributed by atoms with van der Waals surface area (Å²) in [7, 11) is -3.20. The Balaban J connectivity index is 2.96. The van der Waals surface area contributed by atoms with E-state index in [9.17, 15) is 31.5 Å². The highest BCUT2D eigenvalue weighted by Crippen LogP contribution is 2.23. The molecule has 0 spiro atoms. The van der Waals surface area contributed by atoms with E-state index in [2.05, 4.69) is 4.74 Å². The van der Waals surface area contributed by atoms with Crippen molar-refractivity contribution < 1.29 is 36.2 Å². The van der Waals surface area contributed by atoms with Crippen molar-refractivity contribution in [3.8, 4) is 5.75 Å². The normalized spacial score (nSPS) is 12.2. The molecule has 0 bridgehead atoms. The van der Waals surface area contributed by atoms with Gasteiger partial charge in [-0.2, -0.15) is 13.2 Å². The molecule has 0 aliphatic heterocycles. The van der Waals surface area contributed by atoms with Crippen LogP contribution in [-0.2, 0) is 14.8 Å². The van der Waals surface area contributed by atoms with Crippen molar-refractivity contribution in [3.63, 3.8) is 0 Å². The number of carbonyl (C=O) groups excluding carboxylic acids is 1. The van der Waals surface area contributed by atoms with E-state index in [0.717, 1.165) is 25.3 Å². The molecule has 0 radical (unpaired) electrons. The number of rotatable bonds is 5. The molecule has 0 atom stereocenters. The Morgan fingerprint density at radius 3 is 2.52 bits per heavy atom. The summed E-state index contributed by atoms with van der Waals surface area (Å²) in [6.45, 7) is -0.833. The van der Waals surface area contributed by atoms with Gasteiger partial charge in [0.05, 0.1) is 18.4 Å². The lowest BCUT2D eigenvalue weighted by atomic mass is 10.2. The van der Waals surface area contributed by atoms with Gasteiger partial charge in [0.25, 0.3) is 0 Å². The number of carbonyl (C=O) groups is 1. The standard InChI is InChI=1S/C11H12F3NO5S/c1-20-10(17)8-6-7(2-3-9(8)16)21(18,19)15-5-4-11(12,13)14/h2-3,6,15-16H,4-5H2,1H3. The van der Waals surface area contributed by atoms with E-state index in [1.54, 1.807) is 4.72 Å². The third-order valence-corrected chi connectivity index (χ3v) is 3.84. The molecule has 0 unspecified atom stereocenters. The van der Waals surface area contributed by atoms with E-state index in [1.807, 2.05) is 0 Å². The molecule has 0 saturated heterocycles. The molecule has 6 nitrogen and oxygen atoms in total. The van der Waals surface area contributed by atoms with Gasteiger partial charge in [-0.25, -0.2) is 17.9 Å². The maximum atomic E-state index is 12.0. The number of alkyl halides is 3. The first-order chi connectivity index (χ1) is 9.57. The molecule has 118 valence electrons. The molecule has 1 aromatic carbocycles. The van der Waals surface area contributed by atoms with Crippen molar-refractivity contribution in [1.29, 1.82) is 0 Å². The third kappa shape index (κ3) is 4.90. The lowest BCUT2D eigenvalue weighted by molar-refractivity contribution is -0.132. The van der Waals surface area contributed by atoms with Crippen molar-refractivity contribution in [2.45, 2.75) is 17.5 Å². The van der Waals surface area contributed by atoms with Crippen LogP contribution in [-0.4, -0.2) is 39.3 Å². The van der Waals surface area contributed by atoms with Crippen molar-refractivity contribution in [3.05, 3.63) is 23.8 Å². The van der Waals surface area contributed by atoms with Gasteiger partial charge in [-0.05, 0) is 18.2 Å². The molecule has 0 aliphatic carbocycles. The Bertz CT molecular complexity index is 627. The Morgan fingerprint density at radius 1 is 1.38 bits per heavy atom. The first kappa shape index (κ1) is 17.2. The Hall–Kier alpha value is -1.81. The van der Waals surface area contributed by atoms with Crippen LogP contribution in [0.1, 0.15) is 16.8 Å². The molecule has 1 aromatic rings. The topological polar surface area (TPSA) is 92.7 Å². The summed E-state index contributed by atoms with van der Waals surface area (Å²) < 4.78 is 65.6. The zero-order valence-corrected chi connectivity index (χ0v) is 11.6. The highest BCUT2D eigenvalue weighted by Gasteiger charge is 2.28. The number of ether oxygens (including phenoxy) is 1. The number of sulfonamides is 1. The zero-order chi connectivity index (χ0) is 16.3. The number of phenols is 1. The molecule has 2 N–H and O–H groups in total. The molecular formula is C11H12F3NO5S. The summed E-state index contributed by atoms with van der Waals surface area (Å²) >= 11 is 0. The monoisotopic (exact) mass is 327 g/mol. The number of phenolic OH excluding ortho intramolecular Hbond substituents is 1. The second-order valence-corrected chi connectivity index (χ2v) is 5.70. The van der Waals surface area contributed by atoms with Crippen molar-refractivity contribution in [2.24, 2.45) is 0 Å². The molecule has 0 aliphatic rings. The smallest absolute Gasteiger partial charge is 0.390 e. The zero-order valence-electron chi connectivity index (χ0n) is 10.8. The maximum Gasteiger partial charge on any atom is 0.390 e. The molecule has 0 saturated carbocycles. The van der Waals surface area contributed by atoms with Crippen LogP contribution in [0.2, 0.25) is 0 Å². The van der Waals surface area contributed by atoms with E-state index < -0.39 is 51.3 Å². The molecule has 0 aromatic heterocycles. The average molecular weight is 327 g/mol. The van der Waals surface area contributed by atoms with Crippen LogP contribution >= 0.6 is 0 Å². The van der Waals surface area contributed by atoms with Gasteiger partial charge < -0.3 is 9.84 Å². The number of nitrogens with one attached hydrogen (secondary N) is 1. The highest BCUT2D eigenvalue weighted by atomic mass is 32.2. The Labute approximate surface area is 118 Å². The van der Waals surface area contributed by atoms with Crippen LogP contribution in [0.5, 0.6) is 5.75 Å². The predicted molar refractivity (Wildman–Crippen MR) is 65.3 cm³/mol. The quantitative estimate of drug-likeness (QED) is 0.798. The fraction of sp³-hybridized carbons (Fsp3) is 0.364. The Kier molecular flexibility index (Phi) is 5.18. The van der Waals surface area contributed by atoms with Crippen molar-refractivity contribution in [1.82, 2.24) is 4.72 Å². The summed E-state index contributed by atoms with van der Waals surface area (Å²) in [6, 6.07) is 2.71. The molecule has 1 rings (SSSR count). The van der Waals surface area contributed by atoms with Gasteiger partial charge in [0, 0.05) is 6.54 Å². The van der Waals surface area contributed by atoms with E-state index >= 15 is 0 Å². The molecular weight excluding hydrogens is 315 g/mol.